The number of amides is 1. The van der Waals surface area contributed by atoms with Gasteiger partial charge in [0.2, 0.25) is 0 Å². The highest BCUT2D eigenvalue weighted by molar-refractivity contribution is 6.02. The van der Waals surface area contributed by atoms with Crippen molar-refractivity contribution in [1.82, 2.24) is 0 Å². The number of carbonyl (C=O) groups is 2. The van der Waals surface area contributed by atoms with Gasteiger partial charge in [0.15, 0.2) is 5.76 Å². The molecule has 0 spiro atoms. The van der Waals surface area contributed by atoms with Crippen molar-refractivity contribution in [2.75, 3.05) is 18.5 Å². The normalized spacial score (nSPS) is 10.3. The van der Waals surface area contributed by atoms with Crippen LogP contribution in [-0.4, -0.2) is 25.1 Å². The standard InChI is InChI=1S/C21H18FNO5/c22-16-6-10-18(11-7-16)26-13-2-14-28-21(25)15-4-8-17(9-5-15)23-20(24)19-3-1-12-27-19/h1,3-12H,2,13-14H2,(H,23,24). The minimum Gasteiger partial charge on any atom is -0.493 e. The Bertz CT molecular complexity index is 905. The van der Waals surface area contributed by atoms with Crippen molar-refractivity contribution >= 4 is 17.6 Å². The number of hydrogen-bond donors (Lipinski definition) is 1. The molecule has 144 valence electrons. The monoisotopic (exact) mass is 383 g/mol. The molecular weight excluding hydrogens is 365 g/mol. The van der Waals surface area contributed by atoms with Gasteiger partial charge in [-0.2, -0.15) is 0 Å². The quantitative estimate of drug-likeness (QED) is 0.464. The Morgan fingerprint density at radius 3 is 2.39 bits per heavy atom. The largest absolute Gasteiger partial charge is 0.493 e. The fourth-order valence-electron chi connectivity index (χ4n) is 2.32. The molecule has 0 aliphatic carbocycles. The highest BCUT2D eigenvalue weighted by atomic mass is 19.1. The van der Waals surface area contributed by atoms with Crippen molar-refractivity contribution in [2.45, 2.75) is 6.42 Å². The maximum atomic E-state index is 12.8. The first kappa shape index (κ1) is 19.2. The molecule has 0 aliphatic heterocycles. The number of rotatable bonds is 8. The molecule has 7 heteroatoms. The molecule has 0 atom stereocenters. The van der Waals surface area contributed by atoms with Crippen molar-refractivity contribution in [3.8, 4) is 5.75 Å². The van der Waals surface area contributed by atoms with Gasteiger partial charge in [0.1, 0.15) is 11.6 Å². The number of carbonyl (C=O) groups excluding carboxylic acids is 2. The molecular formula is C21H18FNO5. The van der Waals surface area contributed by atoms with Crippen LogP contribution >= 0.6 is 0 Å². The van der Waals surface area contributed by atoms with Crippen molar-refractivity contribution in [3.63, 3.8) is 0 Å². The first-order valence-electron chi connectivity index (χ1n) is 8.62. The van der Waals surface area contributed by atoms with E-state index in [1.54, 1.807) is 36.4 Å². The lowest BCUT2D eigenvalue weighted by molar-refractivity contribution is 0.0486. The number of hydrogen-bond acceptors (Lipinski definition) is 5. The molecule has 1 amide bonds. The zero-order chi connectivity index (χ0) is 19.8. The SMILES string of the molecule is O=C(OCCCOc1ccc(F)cc1)c1ccc(NC(=O)c2ccco2)cc1. The summed E-state index contributed by atoms with van der Waals surface area (Å²) in [5, 5.41) is 2.66. The third-order valence-electron chi connectivity index (χ3n) is 3.73. The van der Waals surface area contributed by atoms with E-state index in [2.05, 4.69) is 5.32 Å². The smallest absolute Gasteiger partial charge is 0.338 e. The van der Waals surface area contributed by atoms with E-state index in [4.69, 9.17) is 13.9 Å². The lowest BCUT2D eigenvalue weighted by atomic mass is 10.2. The van der Waals surface area contributed by atoms with Crippen LogP contribution in [0.1, 0.15) is 27.3 Å². The van der Waals surface area contributed by atoms with E-state index in [0.717, 1.165) is 0 Å². The van der Waals surface area contributed by atoms with Crippen molar-refractivity contribution < 1.29 is 27.9 Å². The molecule has 3 rings (SSSR count). The summed E-state index contributed by atoms with van der Waals surface area (Å²) in [4.78, 5) is 23.9. The van der Waals surface area contributed by atoms with E-state index >= 15 is 0 Å². The van der Waals surface area contributed by atoms with E-state index in [1.165, 1.54) is 30.5 Å². The zero-order valence-corrected chi connectivity index (χ0v) is 14.9. The molecule has 1 heterocycles. The predicted molar refractivity (Wildman–Crippen MR) is 99.9 cm³/mol. The topological polar surface area (TPSA) is 77.8 Å². The van der Waals surface area contributed by atoms with Crippen LogP contribution in [0, 0.1) is 5.82 Å². The molecule has 3 aromatic rings. The average Bonchev–Trinajstić information content (AvgIpc) is 3.24. The Hall–Kier alpha value is -3.61. The summed E-state index contributed by atoms with van der Waals surface area (Å²) in [5.74, 6) is -0.411. The van der Waals surface area contributed by atoms with Crippen LogP contribution in [-0.2, 0) is 4.74 Å². The summed E-state index contributed by atoms with van der Waals surface area (Å²) >= 11 is 0. The second-order valence-corrected chi connectivity index (χ2v) is 5.80. The lowest BCUT2D eigenvalue weighted by Gasteiger charge is -2.08. The highest BCUT2D eigenvalue weighted by Gasteiger charge is 2.10. The summed E-state index contributed by atoms with van der Waals surface area (Å²) in [7, 11) is 0. The maximum absolute atomic E-state index is 12.8. The van der Waals surface area contributed by atoms with Gasteiger partial charge in [-0.05, 0) is 60.7 Å². The molecule has 0 unspecified atom stereocenters. The molecule has 6 nitrogen and oxygen atoms in total. The number of ether oxygens (including phenoxy) is 2. The minimum absolute atomic E-state index is 0.191. The summed E-state index contributed by atoms with van der Waals surface area (Å²) in [6, 6.07) is 15.2. The van der Waals surface area contributed by atoms with Gasteiger partial charge in [-0.3, -0.25) is 4.79 Å². The van der Waals surface area contributed by atoms with Gasteiger partial charge in [0.25, 0.3) is 5.91 Å². The first-order chi connectivity index (χ1) is 13.6. The average molecular weight is 383 g/mol. The van der Waals surface area contributed by atoms with Gasteiger partial charge in [0.05, 0.1) is 25.0 Å². The summed E-state index contributed by atoms with van der Waals surface area (Å²) in [5.41, 5.74) is 0.904. The van der Waals surface area contributed by atoms with E-state index in [0.29, 0.717) is 30.0 Å². The van der Waals surface area contributed by atoms with Crippen LogP contribution in [0.4, 0.5) is 10.1 Å². The van der Waals surface area contributed by atoms with Gasteiger partial charge in [-0.15, -0.1) is 0 Å². The second-order valence-electron chi connectivity index (χ2n) is 5.80. The molecule has 0 radical (unpaired) electrons. The predicted octanol–water partition coefficient (Wildman–Crippen LogP) is 4.30. The molecule has 0 aliphatic rings. The van der Waals surface area contributed by atoms with Gasteiger partial charge in [-0.25, -0.2) is 9.18 Å². The second kappa shape index (κ2) is 9.36. The van der Waals surface area contributed by atoms with Crippen LogP contribution < -0.4 is 10.1 Å². The third kappa shape index (κ3) is 5.44. The molecule has 2 aromatic carbocycles. The van der Waals surface area contributed by atoms with Gasteiger partial charge in [-0.1, -0.05) is 0 Å². The number of furan rings is 1. The molecule has 28 heavy (non-hydrogen) atoms. The summed E-state index contributed by atoms with van der Waals surface area (Å²) in [6.07, 6.45) is 1.92. The lowest BCUT2D eigenvalue weighted by Crippen LogP contribution is -2.12. The Kier molecular flexibility index (Phi) is 6.41. The number of nitrogens with one attached hydrogen (secondary N) is 1. The summed E-state index contributed by atoms with van der Waals surface area (Å²) < 4.78 is 28.4. The third-order valence-corrected chi connectivity index (χ3v) is 3.73. The molecule has 0 saturated heterocycles. The fourth-order valence-corrected chi connectivity index (χ4v) is 2.32. The van der Waals surface area contributed by atoms with Crippen molar-refractivity contribution in [2.24, 2.45) is 0 Å². The Balaban J connectivity index is 1.39. The summed E-state index contributed by atoms with van der Waals surface area (Å²) in [6.45, 7) is 0.535. The maximum Gasteiger partial charge on any atom is 0.338 e. The van der Waals surface area contributed by atoms with E-state index in [-0.39, 0.29) is 24.1 Å². The molecule has 0 saturated carbocycles. The van der Waals surface area contributed by atoms with Gasteiger partial charge < -0.3 is 19.2 Å². The molecule has 1 aromatic heterocycles. The molecule has 0 fully saturated rings. The van der Waals surface area contributed by atoms with Crippen LogP contribution in [0.15, 0.2) is 71.3 Å². The van der Waals surface area contributed by atoms with E-state index in [9.17, 15) is 14.0 Å². The fraction of sp³-hybridized carbons (Fsp3) is 0.143. The van der Waals surface area contributed by atoms with Gasteiger partial charge >= 0.3 is 5.97 Å². The van der Waals surface area contributed by atoms with Crippen LogP contribution in [0.3, 0.4) is 0 Å². The highest BCUT2D eigenvalue weighted by Crippen LogP contribution is 2.13. The van der Waals surface area contributed by atoms with E-state index < -0.39 is 5.97 Å². The number of anilines is 1. The Morgan fingerprint density at radius 2 is 1.71 bits per heavy atom. The first-order valence-corrected chi connectivity index (χ1v) is 8.62. The van der Waals surface area contributed by atoms with Crippen molar-refractivity contribution in [1.29, 1.82) is 0 Å². The van der Waals surface area contributed by atoms with Gasteiger partial charge in [0, 0.05) is 12.1 Å². The van der Waals surface area contributed by atoms with E-state index in [1.807, 2.05) is 0 Å². The Morgan fingerprint density at radius 1 is 0.964 bits per heavy atom. The van der Waals surface area contributed by atoms with Crippen molar-refractivity contribution in [3.05, 3.63) is 84.1 Å². The number of halogens is 1. The number of benzene rings is 2. The van der Waals surface area contributed by atoms with Crippen LogP contribution in [0.5, 0.6) is 5.75 Å². The molecule has 1 N–H and O–H groups in total. The van der Waals surface area contributed by atoms with Crippen LogP contribution in [0.25, 0.3) is 0 Å². The zero-order valence-electron chi connectivity index (χ0n) is 14.9. The minimum atomic E-state index is -0.467. The molecule has 0 bridgehead atoms. The van der Waals surface area contributed by atoms with Crippen LogP contribution in [0.2, 0.25) is 0 Å². The Labute approximate surface area is 160 Å². The number of esters is 1.